The Kier molecular flexibility index (Phi) is 2.13. The largest absolute Gasteiger partial charge is 0.288 e. The first-order chi connectivity index (χ1) is 4.97. The van der Waals surface area contributed by atoms with Crippen LogP contribution in [0.1, 0.15) is 0 Å². The molecule has 2 rings (SSSR count). The summed E-state index contributed by atoms with van der Waals surface area (Å²) in [4.78, 5) is 2.44. The molecule has 0 spiro atoms. The Hall–Kier alpha value is 0.230. The van der Waals surface area contributed by atoms with Gasteiger partial charge in [0.15, 0.2) is 0 Å². The van der Waals surface area contributed by atoms with Crippen LogP contribution in [0.5, 0.6) is 0 Å². The summed E-state index contributed by atoms with van der Waals surface area (Å²) < 4.78 is 0. The standard InChI is InChI=1S/C6H13N3S/c1-2-8-6(7-1)9-3-4-10-5-9/h6-8H,1-5H2. The lowest BCUT2D eigenvalue weighted by atomic mass is 10.6. The molecule has 4 heteroatoms. The van der Waals surface area contributed by atoms with Gasteiger partial charge >= 0.3 is 0 Å². The van der Waals surface area contributed by atoms with Gasteiger partial charge in [0.05, 0.1) is 0 Å². The molecule has 2 fully saturated rings. The lowest BCUT2D eigenvalue weighted by molar-refractivity contribution is 0.216. The summed E-state index contributed by atoms with van der Waals surface area (Å²) in [5.74, 6) is 2.48. The van der Waals surface area contributed by atoms with Crippen molar-refractivity contribution in [2.75, 3.05) is 31.3 Å². The van der Waals surface area contributed by atoms with Crippen LogP contribution in [0.15, 0.2) is 0 Å². The van der Waals surface area contributed by atoms with Gasteiger partial charge in [-0.15, -0.1) is 11.8 Å². The van der Waals surface area contributed by atoms with Crippen LogP contribution in [0, 0.1) is 0 Å². The van der Waals surface area contributed by atoms with E-state index in [1.807, 2.05) is 11.8 Å². The van der Waals surface area contributed by atoms with Crippen molar-refractivity contribution in [2.45, 2.75) is 6.29 Å². The third-order valence-corrected chi connectivity index (χ3v) is 2.93. The molecule has 2 aliphatic heterocycles. The molecule has 0 unspecified atom stereocenters. The van der Waals surface area contributed by atoms with Crippen molar-refractivity contribution in [1.29, 1.82) is 0 Å². The van der Waals surface area contributed by atoms with E-state index in [-0.39, 0.29) is 0 Å². The second-order valence-electron chi connectivity index (χ2n) is 2.66. The van der Waals surface area contributed by atoms with Gasteiger partial charge in [-0.2, -0.15) is 0 Å². The molecule has 0 saturated carbocycles. The Morgan fingerprint density at radius 2 is 2.10 bits per heavy atom. The Morgan fingerprint density at radius 1 is 1.30 bits per heavy atom. The Bertz CT molecular complexity index is 93.6. The van der Waals surface area contributed by atoms with Gasteiger partial charge < -0.3 is 0 Å². The van der Waals surface area contributed by atoms with E-state index in [0.29, 0.717) is 6.29 Å². The average molecular weight is 159 g/mol. The van der Waals surface area contributed by atoms with Crippen LogP contribution >= 0.6 is 11.8 Å². The highest BCUT2D eigenvalue weighted by Crippen LogP contribution is 2.14. The van der Waals surface area contributed by atoms with Gasteiger partial charge in [-0.05, 0) is 0 Å². The topological polar surface area (TPSA) is 27.3 Å². The number of hydrogen-bond acceptors (Lipinski definition) is 4. The Morgan fingerprint density at radius 3 is 2.70 bits per heavy atom. The smallest absolute Gasteiger partial charge is 0.115 e. The second kappa shape index (κ2) is 3.09. The average Bonchev–Trinajstić information content (AvgIpc) is 2.59. The van der Waals surface area contributed by atoms with Crippen molar-refractivity contribution in [1.82, 2.24) is 15.5 Å². The van der Waals surface area contributed by atoms with Crippen molar-refractivity contribution in [3.05, 3.63) is 0 Å². The zero-order valence-corrected chi connectivity index (χ0v) is 6.78. The third kappa shape index (κ3) is 1.29. The molecule has 10 heavy (non-hydrogen) atoms. The van der Waals surface area contributed by atoms with E-state index in [1.54, 1.807) is 0 Å². The molecule has 2 N–H and O–H groups in total. The van der Waals surface area contributed by atoms with Gasteiger partial charge in [-0.3, -0.25) is 15.5 Å². The second-order valence-corrected chi connectivity index (χ2v) is 3.74. The highest BCUT2D eigenvalue weighted by Gasteiger charge is 2.23. The molecule has 0 aliphatic carbocycles. The van der Waals surface area contributed by atoms with Gasteiger partial charge in [-0.25, -0.2) is 0 Å². The van der Waals surface area contributed by atoms with Crippen molar-refractivity contribution in [3.8, 4) is 0 Å². The minimum Gasteiger partial charge on any atom is -0.288 e. The Labute approximate surface area is 65.5 Å². The van der Waals surface area contributed by atoms with E-state index >= 15 is 0 Å². The van der Waals surface area contributed by atoms with Crippen LogP contribution < -0.4 is 10.6 Å². The van der Waals surface area contributed by atoms with Crippen molar-refractivity contribution >= 4 is 11.8 Å². The minimum atomic E-state index is 0.468. The van der Waals surface area contributed by atoms with Crippen LogP contribution in [-0.4, -0.2) is 42.5 Å². The predicted molar refractivity (Wildman–Crippen MR) is 43.8 cm³/mol. The fourth-order valence-corrected chi connectivity index (χ4v) is 2.39. The number of nitrogens with zero attached hydrogens (tertiary/aromatic N) is 1. The normalized spacial score (nSPS) is 30.0. The van der Waals surface area contributed by atoms with E-state index in [9.17, 15) is 0 Å². The highest BCUT2D eigenvalue weighted by molar-refractivity contribution is 7.99. The molecule has 0 bridgehead atoms. The first-order valence-electron chi connectivity index (χ1n) is 3.75. The molecule has 0 atom stereocenters. The van der Waals surface area contributed by atoms with Crippen LogP contribution in [0.25, 0.3) is 0 Å². The lowest BCUT2D eigenvalue weighted by Crippen LogP contribution is -2.46. The molecule has 0 aromatic carbocycles. The summed E-state index contributed by atoms with van der Waals surface area (Å²) >= 11 is 2.01. The molecular formula is C6H13N3S. The number of hydrogen-bond donors (Lipinski definition) is 2. The molecule has 0 aromatic rings. The maximum atomic E-state index is 3.40. The van der Waals surface area contributed by atoms with E-state index < -0.39 is 0 Å². The molecule has 2 saturated heterocycles. The van der Waals surface area contributed by atoms with Crippen LogP contribution in [0.4, 0.5) is 0 Å². The quantitative estimate of drug-likeness (QED) is 0.538. The number of rotatable bonds is 1. The van der Waals surface area contributed by atoms with Crippen molar-refractivity contribution in [3.63, 3.8) is 0 Å². The molecule has 0 radical (unpaired) electrons. The summed E-state index contributed by atoms with van der Waals surface area (Å²) in [5, 5.41) is 6.80. The van der Waals surface area contributed by atoms with Gasteiger partial charge in [0.25, 0.3) is 0 Å². The number of nitrogens with one attached hydrogen (secondary N) is 2. The van der Waals surface area contributed by atoms with E-state index in [0.717, 1.165) is 13.1 Å². The SMILES string of the molecule is C1CNC(N2CCSC2)N1. The van der Waals surface area contributed by atoms with Gasteiger partial charge in [0.1, 0.15) is 6.29 Å². The fourth-order valence-electron chi connectivity index (χ4n) is 1.38. The van der Waals surface area contributed by atoms with Crippen LogP contribution in [-0.2, 0) is 0 Å². The summed E-state index contributed by atoms with van der Waals surface area (Å²) in [6.07, 6.45) is 0.468. The van der Waals surface area contributed by atoms with Crippen molar-refractivity contribution < 1.29 is 0 Å². The van der Waals surface area contributed by atoms with Crippen LogP contribution in [0.2, 0.25) is 0 Å². The number of thioether (sulfide) groups is 1. The zero-order valence-electron chi connectivity index (χ0n) is 5.97. The summed E-state index contributed by atoms with van der Waals surface area (Å²) in [7, 11) is 0. The monoisotopic (exact) mass is 159 g/mol. The summed E-state index contributed by atoms with van der Waals surface area (Å²) in [5.41, 5.74) is 0. The predicted octanol–water partition coefficient (Wildman–Crippen LogP) is -0.531. The maximum absolute atomic E-state index is 3.40. The molecule has 0 amide bonds. The minimum absolute atomic E-state index is 0.468. The van der Waals surface area contributed by atoms with Gasteiger partial charge in [-0.1, -0.05) is 0 Å². The molecule has 58 valence electrons. The van der Waals surface area contributed by atoms with E-state index in [2.05, 4.69) is 15.5 Å². The summed E-state index contributed by atoms with van der Waals surface area (Å²) in [6.45, 7) is 3.47. The van der Waals surface area contributed by atoms with Crippen molar-refractivity contribution in [2.24, 2.45) is 0 Å². The molecule has 2 aliphatic rings. The van der Waals surface area contributed by atoms with Gasteiger partial charge in [0, 0.05) is 31.3 Å². The zero-order chi connectivity index (χ0) is 6.81. The summed E-state index contributed by atoms with van der Waals surface area (Å²) in [6, 6.07) is 0. The maximum Gasteiger partial charge on any atom is 0.115 e. The van der Waals surface area contributed by atoms with E-state index in [4.69, 9.17) is 0 Å². The lowest BCUT2D eigenvalue weighted by Gasteiger charge is -2.22. The van der Waals surface area contributed by atoms with Gasteiger partial charge in [0.2, 0.25) is 0 Å². The fraction of sp³-hybridized carbons (Fsp3) is 1.00. The third-order valence-electron chi connectivity index (χ3n) is 1.95. The first-order valence-corrected chi connectivity index (χ1v) is 4.91. The molecular weight excluding hydrogens is 146 g/mol. The Balaban J connectivity index is 1.85. The van der Waals surface area contributed by atoms with Crippen LogP contribution in [0.3, 0.4) is 0 Å². The van der Waals surface area contributed by atoms with E-state index in [1.165, 1.54) is 18.2 Å². The molecule has 3 nitrogen and oxygen atoms in total. The molecule has 0 aromatic heterocycles. The molecule has 2 heterocycles. The first kappa shape index (κ1) is 6.91. The highest BCUT2D eigenvalue weighted by atomic mass is 32.2.